The maximum absolute atomic E-state index is 5.76. The number of ether oxygens (including phenoxy) is 1. The molecule has 0 saturated heterocycles. The predicted molar refractivity (Wildman–Crippen MR) is 72.5 cm³/mol. The predicted octanol–water partition coefficient (Wildman–Crippen LogP) is 4.76. The standard InChI is InChI=1S/C14H14BrNO/c1-10(2)11-4-3-5-13(6-11)17-14-7-12(15)8-16-9-14/h3-10H,1-2H3. The number of aromatic nitrogens is 1. The summed E-state index contributed by atoms with van der Waals surface area (Å²) in [5.74, 6) is 2.08. The van der Waals surface area contributed by atoms with Crippen LogP contribution in [-0.2, 0) is 0 Å². The molecular formula is C14H14BrNO. The van der Waals surface area contributed by atoms with Crippen LogP contribution in [0.25, 0.3) is 0 Å². The van der Waals surface area contributed by atoms with Gasteiger partial charge in [0, 0.05) is 10.7 Å². The molecule has 0 bridgehead atoms. The van der Waals surface area contributed by atoms with Crippen LogP contribution in [0.2, 0.25) is 0 Å². The first-order chi connectivity index (χ1) is 8.15. The minimum absolute atomic E-state index is 0.499. The van der Waals surface area contributed by atoms with E-state index in [4.69, 9.17) is 4.74 Å². The molecule has 0 N–H and O–H groups in total. The Bertz CT molecular complexity index is 511. The molecule has 0 aliphatic heterocycles. The Morgan fingerprint density at radius 1 is 1.12 bits per heavy atom. The van der Waals surface area contributed by atoms with Gasteiger partial charge in [-0.25, -0.2) is 0 Å². The normalized spacial score (nSPS) is 10.6. The lowest BCUT2D eigenvalue weighted by Crippen LogP contribution is -1.89. The van der Waals surface area contributed by atoms with E-state index in [0.29, 0.717) is 5.92 Å². The monoisotopic (exact) mass is 291 g/mol. The average molecular weight is 292 g/mol. The number of rotatable bonds is 3. The highest BCUT2D eigenvalue weighted by atomic mass is 79.9. The fraction of sp³-hybridized carbons (Fsp3) is 0.214. The van der Waals surface area contributed by atoms with E-state index in [-0.39, 0.29) is 0 Å². The van der Waals surface area contributed by atoms with Gasteiger partial charge in [0.05, 0.1) is 6.20 Å². The summed E-state index contributed by atoms with van der Waals surface area (Å²) >= 11 is 3.37. The fourth-order valence-electron chi connectivity index (χ4n) is 1.52. The Morgan fingerprint density at radius 3 is 2.65 bits per heavy atom. The van der Waals surface area contributed by atoms with Crippen LogP contribution in [0.4, 0.5) is 0 Å². The van der Waals surface area contributed by atoms with Crippen LogP contribution >= 0.6 is 15.9 Å². The number of hydrogen-bond acceptors (Lipinski definition) is 2. The Balaban J connectivity index is 2.21. The Labute approximate surface area is 110 Å². The van der Waals surface area contributed by atoms with Crippen LogP contribution < -0.4 is 4.74 Å². The zero-order valence-electron chi connectivity index (χ0n) is 9.85. The molecule has 0 aliphatic carbocycles. The third kappa shape index (κ3) is 3.30. The molecule has 1 aromatic carbocycles. The zero-order valence-corrected chi connectivity index (χ0v) is 11.4. The van der Waals surface area contributed by atoms with Gasteiger partial charge in [0.15, 0.2) is 0 Å². The molecule has 2 nitrogen and oxygen atoms in total. The largest absolute Gasteiger partial charge is 0.456 e. The molecule has 3 heteroatoms. The van der Waals surface area contributed by atoms with Crippen molar-refractivity contribution in [1.29, 1.82) is 0 Å². The molecule has 0 saturated carbocycles. The van der Waals surface area contributed by atoms with Crippen molar-refractivity contribution in [2.45, 2.75) is 19.8 Å². The lowest BCUT2D eigenvalue weighted by molar-refractivity contribution is 0.479. The van der Waals surface area contributed by atoms with Crippen molar-refractivity contribution in [2.75, 3.05) is 0 Å². The number of benzene rings is 1. The molecule has 0 spiro atoms. The van der Waals surface area contributed by atoms with Gasteiger partial charge in [-0.05, 0) is 45.6 Å². The van der Waals surface area contributed by atoms with E-state index in [0.717, 1.165) is 16.0 Å². The average Bonchev–Trinajstić information content (AvgIpc) is 2.29. The SMILES string of the molecule is CC(C)c1cccc(Oc2cncc(Br)c2)c1. The lowest BCUT2D eigenvalue weighted by atomic mass is 10.0. The van der Waals surface area contributed by atoms with E-state index in [1.54, 1.807) is 12.4 Å². The summed E-state index contributed by atoms with van der Waals surface area (Å²) in [5.41, 5.74) is 1.27. The van der Waals surface area contributed by atoms with Gasteiger partial charge in [0.1, 0.15) is 11.5 Å². The van der Waals surface area contributed by atoms with Crippen LogP contribution in [0.3, 0.4) is 0 Å². The van der Waals surface area contributed by atoms with Crippen LogP contribution in [0, 0.1) is 0 Å². The van der Waals surface area contributed by atoms with Gasteiger partial charge in [-0.15, -0.1) is 0 Å². The number of hydrogen-bond donors (Lipinski definition) is 0. The summed E-state index contributed by atoms with van der Waals surface area (Å²) in [7, 11) is 0. The number of nitrogens with zero attached hydrogens (tertiary/aromatic N) is 1. The lowest BCUT2D eigenvalue weighted by Gasteiger charge is -2.09. The third-order valence-corrected chi connectivity index (χ3v) is 2.87. The van der Waals surface area contributed by atoms with E-state index in [1.807, 2.05) is 18.2 Å². The Morgan fingerprint density at radius 2 is 1.94 bits per heavy atom. The molecule has 88 valence electrons. The first kappa shape index (κ1) is 12.1. The minimum Gasteiger partial charge on any atom is -0.456 e. The van der Waals surface area contributed by atoms with Gasteiger partial charge < -0.3 is 4.74 Å². The molecule has 0 unspecified atom stereocenters. The first-order valence-electron chi connectivity index (χ1n) is 5.53. The van der Waals surface area contributed by atoms with Gasteiger partial charge in [-0.3, -0.25) is 4.98 Å². The topological polar surface area (TPSA) is 22.1 Å². The summed E-state index contributed by atoms with van der Waals surface area (Å²) in [6, 6.07) is 10.0. The van der Waals surface area contributed by atoms with Crippen molar-refractivity contribution >= 4 is 15.9 Å². The quantitative estimate of drug-likeness (QED) is 0.813. The summed E-state index contributed by atoms with van der Waals surface area (Å²) in [4.78, 5) is 4.07. The van der Waals surface area contributed by atoms with E-state index >= 15 is 0 Å². The smallest absolute Gasteiger partial charge is 0.146 e. The highest BCUT2D eigenvalue weighted by molar-refractivity contribution is 9.10. The van der Waals surface area contributed by atoms with Crippen molar-refractivity contribution in [1.82, 2.24) is 4.98 Å². The molecule has 0 atom stereocenters. The summed E-state index contributed by atoms with van der Waals surface area (Å²) in [6.07, 6.45) is 3.43. The van der Waals surface area contributed by atoms with Crippen LogP contribution in [0.1, 0.15) is 25.3 Å². The molecular weight excluding hydrogens is 278 g/mol. The summed E-state index contributed by atoms with van der Waals surface area (Å²) in [5, 5.41) is 0. The third-order valence-electron chi connectivity index (χ3n) is 2.44. The van der Waals surface area contributed by atoms with Gasteiger partial charge in [-0.2, -0.15) is 0 Å². The van der Waals surface area contributed by atoms with Crippen molar-refractivity contribution < 1.29 is 4.74 Å². The van der Waals surface area contributed by atoms with E-state index in [2.05, 4.69) is 46.9 Å². The van der Waals surface area contributed by atoms with Crippen molar-refractivity contribution in [2.24, 2.45) is 0 Å². The molecule has 2 rings (SSSR count). The maximum atomic E-state index is 5.76. The van der Waals surface area contributed by atoms with Crippen LogP contribution in [-0.4, -0.2) is 4.98 Å². The molecule has 2 aromatic rings. The first-order valence-corrected chi connectivity index (χ1v) is 6.33. The van der Waals surface area contributed by atoms with Gasteiger partial charge in [0.2, 0.25) is 0 Å². The Kier molecular flexibility index (Phi) is 3.79. The van der Waals surface area contributed by atoms with Crippen molar-refractivity contribution in [3.05, 3.63) is 52.8 Å². The summed E-state index contributed by atoms with van der Waals surface area (Å²) < 4.78 is 6.67. The second-order valence-corrected chi connectivity index (χ2v) is 5.08. The number of halogens is 1. The molecule has 0 amide bonds. The van der Waals surface area contributed by atoms with Crippen molar-refractivity contribution in [3.63, 3.8) is 0 Å². The fourth-order valence-corrected chi connectivity index (χ4v) is 1.87. The summed E-state index contributed by atoms with van der Waals surface area (Å²) in [6.45, 7) is 4.33. The number of pyridine rings is 1. The molecule has 0 radical (unpaired) electrons. The second kappa shape index (κ2) is 5.32. The maximum Gasteiger partial charge on any atom is 0.146 e. The minimum atomic E-state index is 0.499. The van der Waals surface area contributed by atoms with Crippen LogP contribution in [0.15, 0.2) is 47.2 Å². The molecule has 1 aromatic heterocycles. The molecule has 17 heavy (non-hydrogen) atoms. The van der Waals surface area contributed by atoms with Gasteiger partial charge in [0.25, 0.3) is 0 Å². The zero-order chi connectivity index (χ0) is 12.3. The molecule has 0 fully saturated rings. The molecule has 1 heterocycles. The van der Waals surface area contributed by atoms with E-state index in [9.17, 15) is 0 Å². The Hall–Kier alpha value is -1.35. The van der Waals surface area contributed by atoms with Gasteiger partial charge in [-0.1, -0.05) is 26.0 Å². The van der Waals surface area contributed by atoms with Crippen LogP contribution in [0.5, 0.6) is 11.5 Å². The van der Waals surface area contributed by atoms with Crippen molar-refractivity contribution in [3.8, 4) is 11.5 Å². The van der Waals surface area contributed by atoms with E-state index < -0.39 is 0 Å². The van der Waals surface area contributed by atoms with Gasteiger partial charge >= 0.3 is 0 Å². The molecule has 0 aliphatic rings. The van der Waals surface area contributed by atoms with E-state index in [1.165, 1.54) is 5.56 Å². The second-order valence-electron chi connectivity index (χ2n) is 4.17. The highest BCUT2D eigenvalue weighted by Gasteiger charge is 2.02. The highest BCUT2D eigenvalue weighted by Crippen LogP contribution is 2.26.